The standard InChI is InChI=1S/C28H25Cl2N3O4/c29-18-5-6-20(21(30)13-18)25-15-36-24-3-1-2-19(27(24)37-25)16-8-10-33(11-9-16)14-26-31-22-7-4-17(28(34)35)12-23(22)32-26/h1-7,12-13,16,25H,8-11,14-15H2,(H,31,32)(H,34,35). The molecule has 0 aliphatic carbocycles. The molecule has 6 rings (SSSR count). The van der Waals surface area contributed by atoms with Gasteiger partial charge in [-0.3, -0.25) is 4.90 Å². The van der Waals surface area contributed by atoms with Crippen molar-refractivity contribution < 1.29 is 19.4 Å². The van der Waals surface area contributed by atoms with Gasteiger partial charge in [-0.05, 0) is 68.2 Å². The van der Waals surface area contributed by atoms with Crippen LogP contribution in [0.2, 0.25) is 10.0 Å². The van der Waals surface area contributed by atoms with E-state index in [1.165, 1.54) is 0 Å². The average Bonchev–Trinajstić information content (AvgIpc) is 3.30. The Bertz CT molecular complexity index is 1480. The molecule has 1 fully saturated rings. The second-order valence-corrected chi connectivity index (χ2v) is 10.4. The first-order valence-electron chi connectivity index (χ1n) is 12.3. The number of H-pyrrole nitrogens is 1. The molecule has 3 aromatic carbocycles. The summed E-state index contributed by atoms with van der Waals surface area (Å²) >= 11 is 12.5. The molecule has 3 heterocycles. The number of aromatic carboxylic acids is 1. The predicted octanol–water partition coefficient (Wildman–Crippen LogP) is 6.46. The first-order valence-corrected chi connectivity index (χ1v) is 13.0. The highest BCUT2D eigenvalue weighted by Gasteiger charge is 2.30. The number of likely N-dealkylation sites (tertiary alicyclic amines) is 1. The molecular weight excluding hydrogens is 513 g/mol. The number of carbonyl (C=O) groups is 1. The fourth-order valence-electron chi connectivity index (χ4n) is 5.24. The fourth-order valence-corrected chi connectivity index (χ4v) is 5.77. The number of hydrogen-bond acceptors (Lipinski definition) is 5. The van der Waals surface area contributed by atoms with E-state index in [4.69, 9.17) is 32.7 Å². The van der Waals surface area contributed by atoms with Gasteiger partial charge in [-0.1, -0.05) is 41.4 Å². The van der Waals surface area contributed by atoms with Gasteiger partial charge in [0.25, 0.3) is 0 Å². The third-order valence-corrected chi connectivity index (χ3v) is 7.71. The zero-order chi connectivity index (χ0) is 25.5. The third kappa shape index (κ3) is 4.87. The second kappa shape index (κ2) is 9.89. The molecular formula is C28H25Cl2N3O4. The van der Waals surface area contributed by atoms with Gasteiger partial charge in [0.2, 0.25) is 0 Å². The monoisotopic (exact) mass is 537 g/mol. The maximum atomic E-state index is 11.3. The van der Waals surface area contributed by atoms with Crippen LogP contribution < -0.4 is 9.47 Å². The summed E-state index contributed by atoms with van der Waals surface area (Å²) in [7, 11) is 0. The quantitative estimate of drug-likeness (QED) is 0.303. The molecule has 0 spiro atoms. The average molecular weight is 538 g/mol. The normalized spacial score (nSPS) is 18.3. The van der Waals surface area contributed by atoms with Crippen LogP contribution in [-0.2, 0) is 6.54 Å². The molecule has 2 aliphatic heterocycles. The Morgan fingerprint density at radius 1 is 1.08 bits per heavy atom. The fraction of sp³-hybridized carbons (Fsp3) is 0.286. The molecule has 0 saturated carbocycles. The number of aromatic amines is 1. The highest BCUT2D eigenvalue weighted by molar-refractivity contribution is 6.35. The summed E-state index contributed by atoms with van der Waals surface area (Å²) in [5.41, 5.74) is 3.80. The van der Waals surface area contributed by atoms with E-state index in [1.54, 1.807) is 24.3 Å². The van der Waals surface area contributed by atoms with Crippen LogP contribution in [0.25, 0.3) is 11.0 Å². The van der Waals surface area contributed by atoms with Gasteiger partial charge in [-0.25, -0.2) is 9.78 Å². The van der Waals surface area contributed by atoms with Crippen molar-refractivity contribution in [1.29, 1.82) is 0 Å². The lowest BCUT2D eigenvalue weighted by molar-refractivity contribution is 0.0697. The van der Waals surface area contributed by atoms with Gasteiger partial charge in [0.15, 0.2) is 17.6 Å². The number of imidazole rings is 1. The van der Waals surface area contributed by atoms with Crippen LogP contribution in [0.1, 0.15) is 52.2 Å². The van der Waals surface area contributed by atoms with Crippen LogP contribution in [0.15, 0.2) is 54.6 Å². The molecule has 1 aromatic heterocycles. The number of piperidine rings is 1. The zero-order valence-corrected chi connectivity index (χ0v) is 21.4. The molecule has 2 aliphatic rings. The van der Waals surface area contributed by atoms with E-state index in [1.807, 2.05) is 24.3 Å². The van der Waals surface area contributed by atoms with Gasteiger partial charge >= 0.3 is 5.97 Å². The Morgan fingerprint density at radius 3 is 2.70 bits per heavy atom. The van der Waals surface area contributed by atoms with Gasteiger partial charge in [0.1, 0.15) is 12.4 Å². The van der Waals surface area contributed by atoms with Crippen molar-refractivity contribution in [1.82, 2.24) is 14.9 Å². The SMILES string of the molecule is O=C(O)c1ccc2nc(CN3CCC(c4cccc5c4OC(c4ccc(Cl)cc4Cl)CO5)CC3)[nH]c2c1. The van der Waals surface area contributed by atoms with Crippen LogP contribution in [0, 0.1) is 0 Å². The topological polar surface area (TPSA) is 87.7 Å². The number of ether oxygens (including phenoxy) is 2. The molecule has 9 heteroatoms. The number of halogens is 2. The first-order chi connectivity index (χ1) is 17.9. The minimum atomic E-state index is -0.944. The molecule has 4 aromatic rings. The molecule has 0 radical (unpaired) electrons. The van der Waals surface area contributed by atoms with E-state index in [9.17, 15) is 9.90 Å². The van der Waals surface area contributed by atoms with Crippen LogP contribution in [0.3, 0.4) is 0 Å². The zero-order valence-electron chi connectivity index (χ0n) is 19.9. The number of rotatable bonds is 5. The van der Waals surface area contributed by atoms with Crippen molar-refractivity contribution in [2.24, 2.45) is 0 Å². The Morgan fingerprint density at radius 2 is 1.92 bits per heavy atom. The summed E-state index contributed by atoms with van der Waals surface area (Å²) in [6, 6.07) is 16.5. The Kier molecular flexibility index (Phi) is 6.44. The molecule has 0 amide bonds. The summed E-state index contributed by atoms with van der Waals surface area (Å²) < 4.78 is 12.6. The van der Waals surface area contributed by atoms with Crippen molar-refractivity contribution in [2.75, 3.05) is 19.7 Å². The number of para-hydroxylation sites is 1. The number of fused-ring (bicyclic) bond motifs is 2. The number of aromatic nitrogens is 2. The molecule has 7 nitrogen and oxygen atoms in total. The molecule has 190 valence electrons. The maximum absolute atomic E-state index is 11.3. The number of nitrogens with zero attached hydrogens (tertiary/aromatic N) is 2. The van der Waals surface area contributed by atoms with E-state index in [0.29, 0.717) is 29.1 Å². The second-order valence-electron chi connectivity index (χ2n) is 9.53. The Labute approximate surface area is 223 Å². The minimum Gasteiger partial charge on any atom is -0.485 e. The Hall–Kier alpha value is -3.26. The van der Waals surface area contributed by atoms with Gasteiger partial charge < -0.3 is 19.6 Å². The first kappa shape index (κ1) is 24.1. The number of hydrogen-bond donors (Lipinski definition) is 2. The van der Waals surface area contributed by atoms with Gasteiger partial charge in [-0.15, -0.1) is 0 Å². The smallest absolute Gasteiger partial charge is 0.335 e. The number of nitrogens with one attached hydrogen (secondary N) is 1. The molecule has 0 bridgehead atoms. The molecule has 1 atom stereocenters. The van der Waals surface area contributed by atoms with Crippen LogP contribution >= 0.6 is 23.2 Å². The van der Waals surface area contributed by atoms with Gasteiger partial charge in [0.05, 0.1) is 23.1 Å². The highest BCUT2D eigenvalue weighted by Crippen LogP contribution is 2.45. The van der Waals surface area contributed by atoms with Crippen LogP contribution in [0.4, 0.5) is 0 Å². The third-order valence-electron chi connectivity index (χ3n) is 7.15. The van der Waals surface area contributed by atoms with E-state index >= 15 is 0 Å². The molecule has 1 saturated heterocycles. The summed E-state index contributed by atoms with van der Waals surface area (Å²) in [5, 5.41) is 10.4. The Balaban J connectivity index is 1.14. The summed E-state index contributed by atoms with van der Waals surface area (Å²) in [6.45, 7) is 2.91. The van der Waals surface area contributed by atoms with E-state index in [2.05, 4.69) is 20.9 Å². The number of carboxylic acid groups (broad SMARTS) is 1. The molecule has 1 unspecified atom stereocenters. The number of benzene rings is 3. The highest BCUT2D eigenvalue weighted by atomic mass is 35.5. The lowest BCUT2D eigenvalue weighted by Gasteiger charge is -2.34. The molecule has 37 heavy (non-hydrogen) atoms. The van der Waals surface area contributed by atoms with E-state index in [-0.39, 0.29) is 11.7 Å². The van der Waals surface area contributed by atoms with Gasteiger partial charge in [0, 0.05) is 21.2 Å². The van der Waals surface area contributed by atoms with Crippen molar-refractivity contribution in [3.05, 3.63) is 87.2 Å². The maximum Gasteiger partial charge on any atom is 0.335 e. The van der Waals surface area contributed by atoms with Crippen LogP contribution in [0.5, 0.6) is 11.5 Å². The van der Waals surface area contributed by atoms with Gasteiger partial charge in [-0.2, -0.15) is 0 Å². The largest absolute Gasteiger partial charge is 0.485 e. The molecule has 2 N–H and O–H groups in total. The summed E-state index contributed by atoms with van der Waals surface area (Å²) in [5.74, 6) is 1.81. The van der Waals surface area contributed by atoms with Crippen molar-refractivity contribution >= 4 is 40.2 Å². The summed E-state index contributed by atoms with van der Waals surface area (Å²) in [6.07, 6.45) is 1.67. The predicted molar refractivity (Wildman–Crippen MR) is 142 cm³/mol. The van der Waals surface area contributed by atoms with Crippen LogP contribution in [-0.4, -0.2) is 45.6 Å². The number of carboxylic acids is 1. The van der Waals surface area contributed by atoms with Crippen molar-refractivity contribution in [3.63, 3.8) is 0 Å². The lowest BCUT2D eigenvalue weighted by atomic mass is 9.88. The summed E-state index contributed by atoms with van der Waals surface area (Å²) in [4.78, 5) is 21.5. The van der Waals surface area contributed by atoms with Crippen molar-refractivity contribution in [2.45, 2.75) is 31.4 Å². The van der Waals surface area contributed by atoms with E-state index < -0.39 is 5.97 Å². The minimum absolute atomic E-state index is 0.251. The van der Waals surface area contributed by atoms with E-state index in [0.717, 1.165) is 65.4 Å². The lowest BCUT2D eigenvalue weighted by Crippen LogP contribution is -2.33. The van der Waals surface area contributed by atoms with Crippen molar-refractivity contribution in [3.8, 4) is 11.5 Å².